The second kappa shape index (κ2) is 4.11. The van der Waals surface area contributed by atoms with E-state index in [1.807, 2.05) is 0 Å². The smallest absolute Gasteiger partial charge is 0.223 e. The van der Waals surface area contributed by atoms with Gasteiger partial charge in [-0.05, 0) is 12.8 Å². The van der Waals surface area contributed by atoms with Crippen LogP contribution in [0.2, 0.25) is 0 Å². The number of likely N-dealkylation sites (tertiary alicyclic amines) is 1. The van der Waals surface area contributed by atoms with Gasteiger partial charge in [0.15, 0.2) is 0 Å². The van der Waals surface area contributed by atoms with Crippen LogP contribution in [0.3, 0.4) is 0 Å². The van der Waals surface area contributed by atoms with Crippen molar-refractivity contribution >= 4 is 11.7 Å². The quantitative estimate of drug-likeness (QED) is 0.261. The predicted octanol–water partition coefficient (Wildman–Crippen LogP) is -0.00870. The molecule has 13 heavy (non-hydrogen) atoms. The van der Waals surface area contributed by atoms with Crippen molar-refractivity contribution in [3.8, 4) is 0 Å². The van der Waals surface area contributed by atoms with Crippen molar-refractivity contribution in [2.75, 3.05) is 13.6 Å². The Morgan fingerprint density at radius 1 is 1.77 bits per heavy atom. The fourth-order valence-electron chi connectivity index (χ4n) is 1.50. The first-order valence-corrected chi connectivity index (χ1v) is 4.36. The second-order valence-electron chi connectivity index (χ2n) is 3.38. The molecule has 1 heterocycles. The monoisotopic (exact) mass is 185 g/mol. The van der Waals surface area contributed by atoms with Gasteiger partial charge in [0.1, 0.15) is 5.84 Å². The predicted molar refractivity (Wildman–Crippen MR) is 48.4 cm³/mol. The molecule has 1 atom stereocenters. The van der Waals surface area contributed by atoms with Crippen molar-refractivity contribution in [3.63, 3.8) is 0 Å². The van der Waals surface area contributed by atoms with Gasteiger partial charge in [-0.15, -0.1) is 0 Å². The molecule has 5 heteroatoms. The molecule has 0 aromatic carbocycles. The summed E-state index contributed by atoms with van der Waals surface area (Å²) in [5, 5.41) is 11.4. The lowest BCUT2D eigenvalue weighted by atomic mass is 9.99. The normalized spacial score (nSPS) is 25.9. The van der Waals surface area contributed by atoms with E-state index in [4.69, 9.17) is 10.9 Å². The van der Waals surface area contributed by atoms with Crippen LogP contribution >= 0.6 is 0 Å². The number of amidine groups is 1. The summed E-state index contributed by atoms with van der Waals surface area (Å²) in [4.78, 5) is 13.1. The fraction of sp³-hybridized carbons (Fsp3) is 0.750. The van der Waals surface area contributed by atoms with Gasteiger partial charge in [-0.1, -0.05) is 5.16 Å². The molecular weight excluding hydrogens is 170 g/mol. The Balaban J connectivity index is 2.64. The lowest BCUT2D eigenvalue weighted by molar-refractivity contribution is -0.129. The number of carbonyl (C=O) groups is 1. The Hall–Kier alpha value is -1.26. The Kier molecular flexibility index (Phi) is 3.11. The minimum Gasteiger partial charge on any atom is -0.409 e. The van der Waals surface area contributed by atoms with E-state index in [0.29, 0.717) is 6.42 Å². The minimum atomic E-state index is -0.0950. The molecule has 0 spiro atoms. The fourth-order valence-corrected chi connectivity index (χ4v) is 1.50. The molecule has 0 bridgehead atoms. The zero-order valence-corrected chi connectivity index (χ0v) is 7.73. The van der Waals surface area contributed by atoms with Crippen molar-refractivity contribution in [2.45, 2.75) is 19.3 Å². The van der Waals surface area contributed by atoms with Gasteiger partial charge in [-0.2, -0.15) is 0 Å². The lowest BCUT2D eigenvalue weighted by Crippen LogP contribution is -2.29. The molecule has 1 saturated heterocycles. The van der Waals surface area contributed by atoms with Crippen LogP contribution in [-0.4, -0.2) is 35.4 Å². The third kappa shape index (κ3) is 2.34. The Morgan fingerprint density at radius 3 is 3.08 bits per heavy atom. The van der Waals surface area contributed by atoms with E-state index in [-0.39, 0.29) is 17.7 Å². The summed E-state index contributed by atoms with van der Waals surface area (Å²) in [5.74, 6) is 0.139. The maximum atomic E-state index is 11.4. The van der Waals surface area contributed by atoms with Crippen LogP contribution in [0.4, 0.5) is 0 Å². The summed E-state index contributed by atoms with van der Waals surface area (Å²) in [6.07, 6.45) is 2.07. The summed E-state index contributed by atoms with van der Waals surface area (Å²) in [5.41, 5.74) is 5.45. The van der Waals surface area contributed by atoms with E-state index in [1.165, 1.54) is 0 Å². The van der Waals surface area contributed by atoms with Crippen LogP contribution in [0.1, 0.15) is 19.3 Å². The highest BCUT2D eigenvalue weighted by Crippen LogP contribution is 2.17. The van der Waals surface area contributed by atoms with Crippen molar-refractivity contribution in [1.29, 1.82) is 0 Å². The molecule has 3 N–H and O–H groups in total. The first kappa shape index (κ1) is 9.83. The van der Waals surface area contributed by atoms with E-state index in [1.54, 1.807) is 11.9 Å². The van der Waals surface area contributed by atoms with Crippen molar-refractivity contribution < 1.29 is 10.0 Å². The number of nitrogens with two attached hydrogens (primary N) is 1. The third-order valence-electron chi connectivity index (χ3n) is 2.43. The van der Waals surface area contributed by atoms with Gasteiger partial charge in [-0.25, -0.2) is 0 Å². The zero-order valence-electron chi connectivity index (χ0n) is 7.73. The Labute approximate surface area is 77.2 Å². The maximum Gasteiger partial charge on any atom is 0.223 e. The molecule has 5 nitrogen and oxygen atoms in total. The minimum absolute atomic E-state index is 0.0640. The van der Waals surface area contributed by atoms with Crippen LogP contribution in [0.15, 0.2) is 5.16 Å². The number of hydrogen-bond acceptors (Lipinski definition) is 3. The van der Waals surface area contributed by atoms with Crippen LogP contribution in [0.25, 0.3) is 0 Å². The molecule has 1 aliphatic rings. The molecule has 0 saturated carbocycles. The molecule has 1 rings (SSSR count). The van der Waals surface area contributed by atoms with E-state index < -0.39 is 0 Å². The Morgan fingerprint density at radius 2 is 2.46 bits per heavy atom. The average molecular weight is 185 g/mol. The summed E-state index contributed by atoms with van der Waals surface area (Å²) in [6.45, 7) is 0.758. The van der Waals surface area contributed by atoms with Crippen LogP contribution in [-0.2, 0) is 4.79 Å². The van der Waals surface area contributed by atoms with Crippen LogP contribution in [0, 0.1) is 5.92 Å². The van der Waals surface area contributed by atoms with Crippen LogP contribution < -0.4 is 5.73 Å². The summed E-state index contributed by atoms with van der Waals surface area (Å²) in [7, 11) is 1.77. The second-order valence-corrected chi connectivity index (χ2v) is 3.38. The molecule has 1 unspecified atom stereocenters. The Bertz CT molecular complexity index is 227. The zero-order chi connectivity index (χ0) is 9.84. The first-order chi connectivity index (χ1) is 6.15. The number of nitrogens with zero attached hydrogens (tertiary/aromatic N) is 2. The van der Waals surface area contributed by atoms with Crippen LogP contribution in [0.5, 0.6) is 0 Å². The van der Waals surface area contributed by atoms with Crippen molar-refractivity contribution in [1.82, 2.24) is 4.90 Å². The van der Waals surface area contributed by atoms with Gasteiger partial charge < -0.3 is 15.8 Å². The molecule has 1 amide bonds. The number of oxime groups is 1. The maximum absolute atomic E-state index is 11.4. The van der Waals surface area contributed by atoms with Gasteiger partial charge in [0, 0.05) is 25.9 Å². The van der Waals surface area contributed by atoms with Gasteiger partial charge in [0.05, 0.1) is 0 Å². The molecule has 0 aromatic rings. The van der Waals surface area contributed by atoms with E-state index in [9.17, 15) is 4.79 Å². The summed E-state index contributed by atoms with van der Waals surface area (Å²) < 4.78 is 0. The third-order valence-corrected chi connectivity index (χ3v) is 2.43. The topological polar surface area (TPSA) is 78.9 Å². The largest absolute Gasteiger partial charge is 0.409 e. The standard InChI is InChI=1S/C8H15N3O2/c1-11-4-2-3-6(5-7(11)12)8(9)10-13/h6,13H,2-5H2,1H3,(H2,9,10). The highest BCUT2D eigenvalue weighted by molar-refractivity contribution is 5.88. The highest BCUT2D eigenvalue weighted by Gasteiger charge is 2.23. The first-order valence-electron chi connectivity index (χ1n) is 4.36. The average Bonchev–Trinajstić information content (AvgIpc) is 2.28. The molecule has 0 aromatic heterocycles. The molecule has 74 valence electrons. The van der Waals surface area contributed by atoms with E-state index >= 15 is 0 Å². The molecule has 0 radical (unpaired) electrons. The summed E-state index contributed by atoms with van der Waals surface area (Å²) >= 11 is 0. The lowest BCUT2D eigenvalue weighted by Gasteiger charge is -2.13. The molecular formula is C8H15N3O2. The summed E-state index contributed by atoms with van der Waals surface area (Å²) in [6, 6.07) is 0. The number of amides is 1. The van der Waals surface area contributed by atoms with Gasteiger partial charge in [0.2, 0.25) is 5.91 Å². The SMILES string of the molecule is CN1CCCC(/C(N)=N/O)CC1=O. The van der Waals surface area contributed by atoms with Gasteiger partial charge >= 0.3 is 0 Å². The number of rotatable bonds is 1. The highest BCUT2D eigenvalue weighted by atomic mass is 16.4. The van der Waals surface area contributed by atoms with E-state index in [2.05, 4.69) is 5.16 Å². The number of carbonyl (C=O) groups excluding carboxylic acids is 1. The molecule has 0 aliphatic carbocycles. The van der Waals surface area contributed by atoms with Gasteiger partial charge in [0.25, 0.3) is 0 Å². The molecule has 1 aliphatic heterocycles. The van der Waals surface area contributed by atoms with Gasteiger partial charge in [-0.3, -0.25) is 4.79 Å². The van der Waals surface area contributed by atoms with E-state index in [0.717, 1.165) is 19.4 Å². The van der Waals surface area contributed by atoms with Crippen molar-refractivity contribution in [3.05, 3.63) is 0 Å². The number of hydrogen-bond donors (Lipinski definition) is 2. The molecule has 1 fully saturated rings. The van der Waals surface area contributed by atoms with Crippen molar-refractivity contribution in [2.24, 2.45) is 16.8 Å².